The fourth-order valence-electron chi connectivity index (χ4n) is 4.16. The van der Waals surface area contributed by atoms with Crippen LogP contribution >= 0.6 is 0 Å². The maximum atomic E-state index is 11.8. The van der Waals surface area contributed by atoms with E-state index in [1.807, 2.05) is 6.07 Å². The van der Waals surface area contributed by atoms with Crippen molar-refractivity contribution in [2.75, 3.05) is 0 Å². The van der Waals surface area contributed by atoms with Crippen molar-refractivity contribution in [2.24, 2.45) is 0 Å². The number of rotatable bonds is 13. The van der Waals surface area contributed by atoms with Crippen LogP contribution in [0.15, 0.2) is 58.7 Å². The average Bonchev–Trinajstić information content (AvgIpc) is 3.13. The number of ether oxygens (including phenoxy) is 2. The molecule has 4 nitrogen and oxygen atoms in total. The van der Waals surface area contributed by atoms with Crippen LogP contribution < -0.4 is 9.47 Å². The second-order valence-corrected chi connectivity index (χ2v) is 9.90. The minimum atomic E-state index is -0.370. The van der Waals surface area contributed by atoms with Crippen molar-refractivity contribution in [1.82, 2.24) is 0 Å². The molecule has 0 aliphatic carbocycles. The predicted octanol–water partition coefficient (Wildman–Crippen LogP) is 8.15. The van der Waals surface area contributed by atoms with Crippen LogP contribution in [0.5, 0.6) is 11.5 Å². The molecule has 0 amide bonds. The number of fused-ring (bicyclic) bond motifs is 1. The lowest BCUT2D eigenvalue weighted by molar-refractivity contribution is -0.132. The molecule has 2 rings (SSSR count). The normalized spacial score (nSPS) is 14.0. The number of allylic oxidation sites excluding steroid dienone is 8. The Hall–Kier alpha value is -2.88. The van der Waals surface area contributed by atoms with E-state index in [1.165, 1.54) is 29.2 Å². The number of hydrogen-bond acceptors (Lipinski definition) is 4. The number of hydrogen-bond donors (Lipinski definition) is 0. The Bertz CT molecular complexity index is 1020. The van der Waals surface area contributed by atoms with E-state index in [0.717, 1.165) is 62.5 Å². The van der Waals surface area contributed by atoms with Crippen molar-refractivity contribution in [1.29, 1.82) is 0 Å². The molecule has 35 heavy (non-hydrogen) atoms. The molecule has 1 aliphatic rings. The van der Waals surface area contributed by atoms with Crippen LogP contribution in [0.1, 0.15) is 97.6 Å². The zero-order chi connectivity index (χ0) is 25.8. The first-order valence-electron chi connectivity index (χ1n) is 12.8. The molecule has 0 atom stereocenters. The summed E-state index contributed by atoms with van der Waals surface area (Å²) in [7, 11) is 0. The van der Waals surface area contributed by atoms with E-state index < -0.39 is 0 Å². The molecule has 1 aromatic carbocycles. The summed E-state index contributed by atoms with van der Waals surface area (Å²) < 4.78 is 10.7. The fraction of sp³-hybridized carbons (Fsp3) is 0.484. The summed E-state index contributed by atoms with van der Waals surface area (Å²) in [6.07, 6.45) is 17.7. The van der Waals surface area contributed by atoms with Crippen molar-refractivity contribution in [3.8, 4) is 11.5 Å². The van der Waals surface area contributed by atoms with E-state index in [1.54, 1.807) is 6.07 Å². The molecule has 1 aliphatic heterocycles. The predicted molar refractivity (Wildman–Crippen MR) is 144 cm³/mol. The number of carbonyl (C=O) groups is 2. The van der Waals surface area contributed by atoms with Gasteiger partial charge >= 0.3 is 11.9 Å². The van der Waals surface area contributed by atoms with Gasteiger partial charge < -0.3 is 9.47 Å². The standard InChI is InChI=1S/C31H42O4/c1-22(2)11-7-12-23(3)13-8-14-24(4)15-9-16-25(5)17-10-18-27-19-29(34-26(6)32)20-28-21-30(33)35-31(27)28/h11,13,15,17,19-20H,7-10,12,14,16,18,21H2,1-6H3. The Balaban J connectivity index is 1.79. The van der Waals surface area contributed by atoms with Crippen LogP contribution in [0.2, 0.25) is 0 Å². The summed E-state index contributed by atoms with van der Waals surface area (Å²) in [6, 6.07) is 3.54. The lowest BCUT2D eigenvalue weighted by atomic mass is 10.0. The third-order valence-corrected chi connectivity index (χ3v) is 6.09. The highest BCUT2D eigenvalue weighted by Gasteiger charge is 2.24. The molecule has 0 saturated heterocycles. The van der Waals surface area contributed by atoms with E-state index in [0.29, 0.717) is 11.5 Å². The molecule has 0 radical (unpaired) electrons. The molecule has 0 unspecified atom stereocenters. The summed E-state index contributed by atoms with van der Waals surface area (Å²) in [5.74, 6) is 0.482. The molecule has 4 heteroatoms. The van der Waals surface area contributed by atoms with Gasteiger partial charge in [0.25, 0.3) is 0 Å². The number of aryl methyl sites for hydroxylation is 1. The van der Waals surface area contributed by atoms with E-state index in [-0.39, 0.29) is 18.4 Å². The van der Waals surface area contributed by atoms with Gasteiger partial charge in [0, 0.05) is 12.5 Å². The van der Waals surface area contributed by atoms with Crippen molar-refractivity contribution >= 4 is 11.9 Å². The Morgan fingerprint density at radius 1 is 0.829 bits per heavy atom. The first-order chi connectivity index (χ1) is 16.6. The van der Waals surface area contributed by atoms with Gasteiger partial charge in [0.15, 0.2) is 0 Å². The fourth-order valence-corrected chi connectivity index (χ4v) is 4.16. The second kappa shape index (κ2) is 14.5. The Kier molecular flexibility index (Phi) is 11.8. The minimum Gasteiger partial charge on any atom is -0.427 e. The van der Waals surface area contributed by atoms with E-state index in [4.69, 9.17) is 9.47 Å². The zero-order valence-electron chi connectivity index (χ0n) is 22.5. The SMILES string of the molecule is CC(=O)Oc1cc(CCC=C(C)CCC=C(C)CCC=C(C)CCC=C(C)C)c2c(c1)CC(=O)O2. The van der Waals surface area contributed by atoms with Gasteiger partial charge in [-0.05, 0) is 104 Å². The molecule has 0 spiro atoms. The highest BCUT2D eigenvalue weighted by Crippen LogP contribution is 2.35. The second-order valence-electron chi connectivity index (χ2n) is 9.90. The van der Waals surface area contributed by atoms with Gasteiger partial charge in [0.1, 0.15) is 11.5 Å². The van der Waals surface area contributed by atoms with E-state index in [2.05, 4.69) is 58.9 Å². The van der Waals surface area contributed by atoms with Crippen LogP contribution in [0.4, 0.5) is 0 Å². The van der Waals surface area contributed by atoms with Crippen molar-refractivity contribution in [3.05, 3.63) is 69.9 Å². The lowest BCUT2D eigenvalue weighted by Gasteiger charge is -2.10. The van der Waals surface area contributed by atoms with Crippen LogP contribution in [0, 0.1) is 0 Å². The summed E-state index contributed by atoms with van der Waals surface area (Å²) in [5.41, 5.74) is 7.38. The third kappa shape index (κ3) is 10.9. The first-order valence-corrected chi connectivity index (χ1v) is 12.8. The molecular weight excluding hydrogens is 436 g/mol. The van der Waals surface area contributed by atoms with Crippen LogP contribution in [-0.2, 0) is 22.4 Å². The van der Waals surface area contributed by atoms with Gasteiger partial charge in [0.2, 0.25) is 0 Å². The molecule has 0 saturated carbocycles. The molecular formula is C31H42O4. The Morgan fingerprint density at radius 2 is 1.37 bits per heavy atom. The summed E-state index contributed by atoms with van der Waals surface area (Å²) >= 11 is 0. The molecule has 0 fully saturated rings. The van der Waals surface area contributed by atoms with Crippen molar-refractivity contribution < 1.29 is 19.1 Å². The van der Waals surface area contributed by atoms with Crippen LogP contribution in [-0.4, -0.2) is 11.9 Å². The molecule has 1 heterocycles. The van der Waals surface area contributed by atoms with Gasteiger partial charge in [-0.3, -0.25) is 9.59 Å². The largest absolute Gasteiger partial charge is 0.427 e. The molecule has 1 aromatic rings. The quantitative estimate of drug-likeness (QED) is 0.163. The van der Waals surface area contributed by atoms with Crippen molar-refractivity contribution in [2.45, 2.75) is 99.3 Å². The summed E-state index contributed by atoms with van der Waals surface area (Å²) in [6.45, 7) is 12.3. The first kappa shape index (κ1) is 28.4. The molecule has 0 aromatic heterocycles. The average molecular weight is 479 g/mol. The maximum Gasteiger partial charge on any atom is 0.315 e. The summed E-state index contributed by atoms with van der Waals surface area (Å²) in [5, 5.41) is 0. The molecule has 0 N–H and O–H groups in total. The van der Waals surface area contributed by atoms with Crippen molar-refractivity contribution in [3.63, 3.8) is 0 Å². The maximum absolute atomic E-state index is 11.8. The van der Waals surface area contributed by atoms with Gasteiger partial charge in [0.05, 0.1) is 6.42 Å². The number of benzene rings is 1. The smallest absolute Gasteiger partial charge is 0.315 e. The number of carbonyl (C=O) groups excluding carboxylic acids is 2. The topological polar surface area (TPSA) is 52.6 Å². The highest BCUT2D eigenvalue weighted by atomic mass is 16.5. The van der Waals surface area contributed by atoms with Gasteiger partial charge in [-0.15, -0.1) is 0 Å². The summed E-state index contributed by atoms with van der Waals surface area (Å²) in [4.78, 5) is 23.1. The highest BCUT2D eigenvalue weighted by molar-refractivity contribution is 5.82. The third-order valence-electron chi connectivity index (χ3n) is 6.09. The zero-order valence-corrected chi connectivity index (χ0v) is 22.5. The van der Waals surface area contributed by atoms with E-state index >= 15 is 0 Å². The minimum absolute atomic E-state index is 0.225. The van der Waals surface area contributed by atoms with Crippen LogP contribution in [0.3, 0.4) is 0 Å². The Labute approximate surface area is 211 Å². The Morgan fingerprint density at radius 3 is 1.91 bits per heavy atom. The lowest BCUT2D eigenvalue weighted by Crippen LogP contribution is -2.03. The molecule has 190 valence electrons. The van der Waals surface area contributed by atoms with Gasteiger partial charge in [-0.1, -0.05) is 46.6 Å². The van der Waals surface area contributed by atoms with E-state index in [9.17, 15) is 9.59 Å². The monoisotopic (exact) mass is 478 g/mol. The molecule has 0 bridgehead atoms. The number of esters is 2. The van der Waals surface area contributed by atoms with Crippen LogP contribution in [0.25, 0.3) is 0 Å². The van der Waals surface area contributed by atoms with Gasteiger partial charge in [-0.25, -0.2) is 0 Å². The van der Waals surface area contributed by atoms with Gasteiger partial charge in [-0.2, -0.15) is 0 Å².